The van der Waals surface area contributed by atoms with E-state index in [2.05, 4.69) is 25.2 Å². The molecular weight excluding hydrogens is 306 g/mol. The molecule has 0 atom stereocenters. The van der Waals surface area contributed by atoms with Crippen LogP contribution < -0.4 is 4.90 Å². The summed E-state index contributed by atoms with van der Waals surface area (Å²) in [5.74, 6) is 0.979. The Morgan fingerprint density at radius 3 is 2.54 bits per heavy atom. The van der Waals surface area contributed by atoms with Gasteiger partial charge in [0, 0.05) is 38.4 Å². The van der Waals surface area contributed by atoms with Crippen molar-refractivity contribution in [3.63, 3.8) is 0 Å². The van der Waals surface area contributed by atoms with Crippen molar-refractivity contribution in [2.75, 3.05) is 18.0 Å². The standard InChI is InChI=1S/C16H21N7O/c1-21-10-14(19-20-21)16(24)22-8-5-13(6-9-22)23(12-2-3-12)15-4-7-17-11-18-15/h4,7,10-13H,2-3,5-6,8-9H2,1H3. The molecule has 1 saturated carbocycles. The fourth-order valence-electron chi connectivity index (χ4n) is 3.42. The molecule has 0 bridgehead atoms. The molecule has 2 aliphatic rings. The van der Waals surface area contributed by atoms with Crippen LogP contribution in [0.1, 0.15) is 36.2 Å². The fraction of sp³-hybridized carbons (Fsp3) is 0.562. The third-order valence-corrected chi connectivity index (χ3v) is 4.74. The van der Waals surface area contributed by atoms with Crippen molar-refractivity contribution in [2.45, 2.75) is 37.8 Å². The minimum Gasteiger partial charge on any atom is -0.350 e. The Kier molecular flexibility index (Phi) is 3.87. The van der Waals surface area contributed by atoms with E-state index in [0.717, 1.165) is 31.7 Å². The molecule has 1 saturated heterocycles. The third-order valence-electron chi connectivity index (χ3n) is 4.74. The van der Waals surface area contributed by atoms with Crippen molar-refractivity contribution in [2.24, 2.45) is 7.05 Å². The third kappa shape index (κ3) is 2.95. The Labute approximate surface area is 140 Å². The maximum Gasteiger partial charge on any atom is 0.276 e. The van der Waals surface area contributed by atoms with Crippen molar-refractivity contribution in [1.82, 2.24) is 29.9 Å². The van der Waals surface area contributed by atoms with Gasteiger partial charge in [0.05, 0.1) is 6.20 Å². The first-order valence-electron chi connectivity index (χ1n) is 8.42. The van der Waals surface area contributed by atoms with E-state index in [1.165, 1.54) is 12.8 Å². The zero-order valence-electron chi connectivity index (χ0n) is 13.7. The molecule has 1 amide bonds. The Morgan fingerprint density at radius 2 is 1.96 bits per heavy atom. The molecule has 8 nitrogen and oxygen atoms in total. The van der Waals surface area contributed by atoms with Crippen molar-refractivity contribution in [3.8, 4) is 0 Å². The van der Waals surface area contributed by atoms with Gasteiger partial charge < -0.3 is 9.80 Å². The Morgan fingerprint density at radius 1 is 1.21 bits per heavy atom. The van der Waals surface area contributed by atoms with Gasteiger partial charge in [-0.1, -0.05) is 5.21 Å². The van der Waals surface area contributed by atoms with Crippen molar-refractivity contribution in [3.05, 3.63) is 30.5 Å². The van der Waals surface area contributed by atoms with E-state index in [9.17, 15) is 4.79 Å². The van der Waals surface area contributed by atoms with Crippen molar-refractivity contribution >= 4 is 11.7 Å². The lowest BCUT2D eigenvalue weighted by Crippen LogP contribution is -2.48. The van der Waals surface area contributed by atoms with Gasteiger partial charge in [0.25, 0.3) is 5.91 Å². The molecule has 24 heavy (non-hydrogen) atoms. The number of likely N-dealkylation sites (tertiary alicyclic amines) is 1. The second-order valence-electron chi connectivity index (χ2n) is 6.51. The molecule has 1 aliphatic heterocycles. The van der Waals surface area contributed by atoms with Gasteiger partial charge >= 0.3 is 0 Å². The van der Waals surface area contributed by atoms with Gasteiger partial charge in [-0.15, -0.1) is 5.10 Å². The van der Waals surface area contributed by atoms with Crippen LogP contribution in [0.3, 0.4) is 0 Å². The second-order valence-corrected chi connectivity index (χ2v) is 6.51. The fourth-order valence-corrected chi connectivity index (χ4v) is 3.42. The van der Waals surface area contributed by atoms with Gasteiger partial charge in [0.2, 0.25) is 0 Å². The van der Waals surface area contributed by atoms with Crippen LogP contribution in [-0.4, -0.2) is 60.9 Å². The summed E-state index contributed by atoms with van der Waals surface area (Å²) < 4.78 is 1.56. The van der Waals surface area contributed by atoms with Crippen LogP contribution in [0, 0.1) is 0 Å². The number of hydrogen-bond donors (Lipinski definition) is 0. The normalized spacial score (nSPS) is 18.6. The Hall–Kier alpha value is -2.51. The van der Waals surface area contributed by atoms with Gasteiger partial charge in [0.15, 0.2) is 5.69 Å². The monoisotopic (exact) mass is 327 g/mol. The van der Waals surface area contributed by atoms with Gasteiger partial charge in [-0.3, -0.25) is 9.48 Å². The molecule has 1 aliphatic carbocycles. The predicted octanol–water partition coefficient (Wildman–Crippen LogP) is 0.879. The lowest BCUT2D eigenvalue weighted by Gasteiger charge is -2.39. The molecule has 8 heteroatoms. The largest absolute Gasteiger partial charge is 0.350 e. The number of piperidine rings is 1. The minimum absolute atomic E-state index is 0.0263. The maximum atomic E-state index is 12.5. The topological polar surface area (TPSA) is 80.0 Å². The average Bonchev–Trinajstić information content (AvgIpc) is 3.36. The Balaban J connectivity index is 1.42. The predicted molar refractivity (Wildman–Crippen MR) is 87.5 cm³/mol. The number of carbonyl (C=O) groups is 1. The first-order valence-corrected chi connectivity index (χ1v) is 8.42. The number of anilines is 1. The number of aromatic nitrogens is 5. The summed E-state index contributed by atoms with van der Waals surface area (Å²) in [5, 5.41) is 7.77. The van der Waals surface area contributed by atoms with Crippen molar-refractivity contribution in [1.29, 1.82) is 0 Å². The van der Waals surface area contributed by atoms with Crippen LogP contribution in [-0.2, 0) is 7.05 Å². The summed E-state index contributed by atoms with van der Waals surface area (Å²) in [6, 6.07) is 3.00. The van der Waals surface area contributed by atoms with Crippen LogP contribution in [0.15, 0.2) is 24.8 Å². The highest BCUT2D eigenvalue weighted by Gasteiger charge is 2.37. The highest BCUT2D eigenvalue weighted by Crippen LogP contribution is 2.35. The smallest absolute Gasteiger partial charge is 0.276 e. The highest BCUT2D eigenvalue weighted by atomic mass is 16.2. The molecule has 2 aromatic heterocycles. The summed E-state index contributed by atoms with van der Waals surface area (Å²) in [6.45, 7) is 1.49. The number of aryl methyl sites for hydroxylation is 1. The molecular formula is C16H21N7O. The van der Waals surface area contributed by atoms with Gasteiger partial charge in [-0.05, 0) is 31.7 Å². The molecule has 0 aromatic carbocycles. The number of amides is 1. The molecule has 0 N–H and O–H groups in total. The van der Waals surface area contributed by atoms with E-state index in [-0.39, 0.29) is 5.91 Å². The number of rotatable bonds is 4. The molecule has 0 radical (unpaired) electrons. The van der Waals surface area contributed by atoms with E-state index in [1.807, 2.05) is 11.0 Å². The van der Waals surface area contributed by atoms with Gasteiger partial charge in [-0.2, -0.15) is 0 Å². The quantitative estimate of drug-likeness (QED) is 0.829. The molecule has 2 fully saturated rings. The highest BCUT2D eigenvalue weighted by molar-refractivity contribution is 5.92. The number of hydrogen-bond acceptors (Lipinski definition) is 6. The van der Waals surface area contributed by atoms with E-state index >= 15 is 0 Å². The number of nitrogens with zero attached hydrogens (tertiary/aromatic N) is 7. The first-order chi connectivity index (χ1) is 11.7. The van der Waals surface area contributed by atoms with E-state index in [1.54, 1.807) is 30.5 Å². The lowest BCUT2D eigenvalue weighted by atomic mass is 10.0. The summed E-state index contributed by atoms with van der Waals surface area (Å²) in [4.78, 5) is 25.2. The van der Waals surface area contributed by atoms with Crippen LogP contribution in [0.25, 0.3) is 0 Å². The van der Waals surface area contributed by atoms with E-state index in [4.69, 9.17) is 0 Å². The van der Waals surface area contributed by atoms with Gasteiger partial charge in [0.1, 0.15) is 12.1 Å². The summed E-state index contributed by atoms with van der Waals surface area (Å²) in [5.41, 5.74) is 0.422. The second kappa shape index (κ2) is 6.18. The first kappa shape index (κ1) is 15.0. The van der Waals surface area contributed by atoms with Crippen molar-refractivity contribution < 1.29 is 4.79 Å². The van der Waals surface area contributed by atoms with Crippen LogP contribution >= 0.6 is 0 Å². The molecule has 0 unspecified atom stereocenters. The van der Waals surface area contributed by atoms with Crippen LogP contribution in [0.2, 0.25) is 0 Å². The summed E-state index contributed by atoms with van der Waals surface area (Å²) in [6.07, 6.45) is 9.43. The van der Waals surface area contributed by atoms with E-state index in [0.29, 0.717) is 17.8 Å². The van der Waals surface area contributed by atoms with E-state index < -0.39 is 0 Å². The molecule has 3 heterocycles. The Bertz CT molecular complexity index is 704. The van der Waals surface area contributed by atoms with Crippen LogP contribution in [0.4, 0.5) is 5.82 Å². The minimum atomic E-state index is -0.0263. The SMILES string of the molecule is Cn1cc(C(=O)N2CCC(N(c3ccncn3)C3CC3)CC2)nn1. The summed E-state index contributed by atoms with van der Waals surface area (Å²) in [7, 11) is 1.77. The average molecular weight is 327 g/mol. The molecule has 126 valence electrons. The summed E-state index contributed by atoms with van der Waals surface area (Å²) >= 11 is 0. The maximum absolute atomic E-state index is 12.5. The zero-order chi connectivity index (χ0) is 16.5. The molecule has 0 spiro atoms. The van der Waals surface area contributed by atoms with Crippen LogP contribution in [0.5, 0.6) is 0 Å². The molecule has 4 rings (SSSR count). The zero-order valence-corrected chi connectivity index (χ0v) is 13.7. The number of carbonyl (C=O) groups excluding carboxylic acids is 1. The lowest BCUT2D eigenvalue weighted by molar-refractivity contribution is 0.0705. The molecule has 2 aromatic rings. The van der Waals surface area contributed by atoms with Gasteiger partial charge in [-0.25, -0.2) is 9.97 Å².